The summed E-state index contributed by atoms with van der Waals surface area (Å²) in [5.74, 6) is -0.885. The highest BCUT2D eigenvalue weighted by Gasteiger charge is 2.35. The van der Waals surface area contributed by atoms with Crippen LogP contribution in [0.2, 0.25) is 0 Å². The molecule has 92 valence electrons. The summed E-state index contributed by atoms with van der Waals surface area (Å²) in [6, 6.07) is 0. The van der Waals surface area contributed by atoms with E-state index in [1.54, 1.807) is 6.92 Å². The topological polar surface area (TPSA) is 109 Å². The molecule has 8 heteroatoms. The molecule has 1 atom stereocenters. The average molecular weight is 249 g/mol. The second-order valence-electron chi connectivity index (χ2n) is 3.48. The van der Waals surface area contributed by atoms with E-state index in [1.807, 2.05) is 0 Å². The Hall–Kier alpha value is -1.27. The van der Waals surface area contributed by atoms with E-state index in [1.165, 1.54) is 6.92 Å². The van der Waals surface area contributed by atoms with Crippen molar-refractivity contribution < 1.29 is 17.9 Å². The molecule has 0 saturated heterocycles. The smallest absolute Gasteiger partial charge is 0.312 e. The molecule has 16 heavy (non-hydrogen) atoms. The highest BCUT2D eigenvalue weighted by Crippen LogP contribution is 2.24. The minimum absolute atomic E-state index is 0.0645. The van der Waals surface area contributed by atoms with E-state index in [-0.39, 0.29) is 25.3 Å². The third-order valence-corrected chi connectivity index (χ3v) is 3.03. The number of carbonyl (C=O) groups is 1. The standard InChI is InChI=1S/C8H15N3O4S/c1-3-15-7(12)8(2,6-16(13)14)4-5-10-11-9/h16H,3-6H2,1-2H3/t8-/m0/s1. The van der Waals surface area contributed by atoms with Gasteiger partial charge in [-0.3, -0.25) is 4.79 Å². The molecular weight excluding hydrogens is 234 g/mol. The molecule has 0 aliphatic heterocycles. The lowest BCUT2D eigenvalue weighted by Gasteiger charge is -2.23. The van der Waals surface area contributed by atoms with Crippen molar-refractivity contribution in [3.63, 3.8) is 0 Å². The van der Waals surface area contributed by atoms with Gasteiger partial charge in [-0.2, -0.15) is 0 Å². The fourth-order valence-electron chi connectivity index (χ4n) is 1.18. The molecule has 0 fully saturated rings. The summed E-state index contributed by atoms with van der Waals surface area (Å²) in [7, 11) is -2.69. The van der Waals surface area contributed by atoms with Gasteiger partial charge in [0.1, 0.15) is 10.7 Å². The minimum Gasteiger partial charge on any atom is -0.466 e. The predicted octanol–water partition coefficient (Wildman–Crippen LogP) is 0.868. The normalized spacial score (nSPS) is 13.9. The van der Waals surface area contributed by atoms with Crippen molar-refractivity contribution >= 4 is 16.7 Å². The lowest BCUT2D eigenvalue weighted by molar-refractivity contribution is -0.153. The zero-order valence-electron chi connectivity index (χ0n) is 9.25. The average Bonchev–Trinajstić information content (AvgIpc) is 2.17. The second kappa shape index (κ2) is 7.08. The van der Waals surface area contributed by atoms with Gasteiger partial charge in [-0.15, -0.1) is 0 Å². The third-order valence-electron chi connectivity index (χ3n) is 2.07. The molecule has 7 nitrogen and oxygen atoms in total. The molecule has 0 saturated carbocycles. The van der Waals surface area contributed by atoms with Crippen molar-refractivity contribution in [2.24, 2.45) is 10.5 Å². The van der Waals surface area contributed by atoms with Crippen LogP contribution in [0.5, 0.6) is 0 Å². The zero-order chi connectivity index (χ0) is 12.6. The summed E-state index contributed by atoms with van der Waals surface area (Å²) >= 11 is 0. The quantitative estimate of drug-likeness (QED) is 0.237. The Morgan fingerprint density at radius 1 is 1.56 bits per heavy atom. The maximum Gasteiger partial charge on any atom is 0.312 e. The van der Waals surface area contributed by atoms with E-state index >= 15 is 0 Å². The number of ether oxygens (including phenoxy) is 1. The van der Waals surface area contributed by atoms with E-state index in [0.29, 0.717) is 0 Å². The predicted molar refractivity (Wildman–Crippen MR) is 58.6 cm³/mol. The van der Waals surface area contributed by atoms with Crippen molar-refractivity contribution in [3.05, 3.63) is 10.4 Å². The van der Waals surface area contributed by atoms with Crippen LogP contribution >= 0.6 is 0 Å². The van der Waals surface area contributed by atoms with Crippen LogP contribution in [-0.2, 0) is 20.2 Å². The van der Waals surface area contributed by atoms with Gasteiger partial charge in [0.15, 0.2) is 0 Å². The first kappa shape index (κ1) is 14.7. The first-order chi connectivity index (χ1) is 7.46. The Balaban J connectivity index is 4.71. The van der Waals surface area contributed by atoms with Crippen molar-refractivity contribution in [1.82, 2.24) is 0 Å². The number of carbonyl (C=O) groups excluding carboxylic acids is 1. The first-order valence-corrected chi connectivity index (χ1v) is 6.12. The minimum atomic E-state index is -2.69. The van der Waals surface area contributed by atoms with Crippen LogP contribution in [0.25, 0.3) is 10.4 Å². The lowest BCUT2D eigenvalue weighted by Crippen LogP contribution is -2.35. The summed E-state index contributed by atoms with van der Waals surface area (Å²) in [6.45, 7) is 3.38. The van der Waals surface area contributed by atoms with E-state index in [0.717, 1.165) is 0 Å². The molecule has 0 unspecified atom stereocenters. The molecule has 0 amide bonds. The molecular formula is C8H15N3O4S. The SMILES string of the molecule is CCOC(=O)[C@@](C)(CCN=[N+]=[N-])C[SH](=O)=O. The van der Waals surface area contributed by atoms with Crippen LogP contribution in [0.15, 0.2) is 5.11 Å². The number of hydrogen-bond donors (Lipinski definition) is 1. The van der Waals surface area contributed by atoms with Gasteiger partial charge in [0.05, 0.1) is 17.8 Å². The Kier molecular flexibility index (Phi) is 6.52. The number of nitrogens with zero attached hydrogens (tertiary/aromatic N) is 3. The van der Waals surface area contributed by atoms with Gasteiger partial charge in [-0.05, 0) is 25.8 Å². The molecule has 0 heterocycles. The highest BCUT2D eigenvalue weighted by molar-refractivity contribution is 7.72. The van der Waals surface area contributed by atoms with Gasteiger partial charge in [0.25, 0.3) is 0 Å². The van der Waals surface area contributed by atoms with Gasteiger partial charge in [-0.1, -0.05) is 5.11 Å². The molecule has 0 aromatic rings. The van der Waals surface area contributed by atoms with Crippen molar-refractivity contribution in [2.75, 3.05) is 18.9 Å². The summed E-state index contributed by atoms with van der Waals surface area (Å²) in [5.41, 5.74) is 6.97. The summed E-state index contributed by atoms with van der Waals surface area (Å²) in [6.07, 6.45) is 0.152. The number of esters is 1. The molecule has 0 aliphatic rings. The number of thiol groups is 1. The summed E-state index contributed by atoms with van der Waals surface area (Å²) < 4.78 is 26.2. The number of azide groups is 1. The molecule has 0 radical (unpaired) electrons. The van der Waals surface area contributed by atoms with Crippen molar-refractivity contribution in [2.45, 2.75) is 20.3 Å². The molecule has 0 bridgehead atoms. The van der Waals surface area contributed by atoms with Crippen LogP contribution in [0.1, 0.15) is 20.3 Å². The summed E-state index contributed by atoms with van der Waals surface area (Å²) in [4.78, 5) is 14.1. The number of rotatable bonds is 7. The van der Waals surface area contributed by atoms with Crippen LogP contribution in [0.4, 0.5) is 0 Å². The van der Waals surface area contributed by atoms with Gasteiger partial charge < -0.3 is 4.74 Å². The molecule has 0 spiro atoms. The fraction of sp³-hybridized carbons (Fsp3) is 0.875. The van der Waals surface area contributed by atoms with Crippen molar-refractivity contribution in [1.29, 1.82) is 0 Å². The monoisotopic (exact) mass is 249 g/mol. The Bertz CT molecular complexity index is 354. The Labute approximate surface area is 95.4 Å². The number of hydrogen-bond acceptors (Lipinski definition) is 5. The fourth-order valence-corrected chi connectivity index (χ4v) is 2.03. The first-order valence-electron chi connectivity index (χ1n) is 4.76. The van der Waals surface area contributed by atoms with Gasteiger partial charge in [-0.25, -0.2) is 8.42 Å². The molecule has 0 aliphatic carbocycles. The summed E-state index contributed by atoms with van der Waals surface area (Å²) in [5, 5.41) is 3.28. The van der Waals surface area contributed by atoms with Gasteiger partial charge in [0, 0.05) is 11.5 Å². The largest absolute Gasteiger partial charge is 0.466 e. The van der Waals surface area contributed by atoms with Crippen LogP contribution in [-0.4, -0.2) is 33.3 Å². The second-order valence-corrected chi connectivity index (χ2v) is 4.46. The van der Waals surface area contributed by atoms with Gasteiger partial charge >= 0.3 is 5.97 Å². The third kappa shape index (κ3) is 4.99. The zero-order valence-corrected chi connectivity index (χ0v) is 10.1. The maximum atomic E-state index is 11.6. The van der Waals surface area contributed by atoms with Crippen molar-refractivity contribution in [3.8, 4) is 0 Å². The Morgan fingerprint density at radius 3 is 2.62 bits per heavy atom. The molecule has 0 N–H and O–H groups in total. The van der Waals surface area contributed by atoms with E-state index in [2.05, 4.69) is 10.0 Å². The van der Waals surface area contributed by atoms with Crippen LogP contribution in [0.3, 0.4) is 0 Å². The van der Waals surface area contributed by atoms with Gasteiger partial charge in [0.2, 0.25) is 0 Å². The Morgan fingerprint density at radius 2 is 2.19 bits per heavy atom. The maximum absolute atomic E-state index is 11.6. The van der Waals surface area contributed by atoms with E-state index < -0.39 is 22.1 Å². The highest BCUT2D eigenvalue weighted by atomic mass is 32.2. The molecule has 0 rings (SSSR count). The molecule has 0 aromatic heterocycles. The molecule has 0 aromatic carbocycles. The lowest BCUT2D eigenvalue weighted by atomic mass is 9.89. The van der Waals surface area contributed by atoms with Crippen LogP contribution < -0.4 is 0 Å². The van der Waals surface area contributed by atoms with Crippen LogP contribution in [0, 0.1) is 5.41 Å². The van der Waals surface area contributed by atoms with E-state index in [9.17, 15) is 13.2 Å². The van der Waals surface area contributed by atoms with E-state index in [4.69, 9.17) is 10.3 Å².